The molecule has 1 atom stereocenters. The number of hydrogen-bond acceptors (Lipinski definition) is 9. The van der Waals surface area contributed by atoms with Crippen molar-refractivity contribution in [3.63, 3.8) is 0 Å². The van der Waals surface area contributed by atoms with Gasteiger partial charge in [-0.25, -0.2) is 23.4 Å². The first-order valence-electron chi connectivity index (χ1n) is 19.5. The number of aromatic nitrogens is 4. The minimum atomic E-state index is -4.92. The number of amides is 3. The van der Waals surface area contributed by atoms with Gasteiger partial charge in [-0.15, -0.1) is 0 Å². The van der Waals surface area contributed by atoms with E-state index in [4.69, 9.17) is 20.9 Å². The largest absolute Gasteiger partial charge is 0.488 e. The molecule has 0 unspecified atom stereocenters. The lowest BCUT2D eigenvalue weighted by Gasteiger charge is -2.32. The Labute approximate surface area is 364 Å². The zero-order valence-corrected chi connectivity index (χ0v) is 33.8. The number of likely N-dealkylation sites (tertiary alicyclic amines) is 1. The van der Waals surface area contributed by atoms with Crippen molar-refractivity contribution < 1.29 is 59.6 Å². The average Bonchev–Trinajstić information content (AvgIpc) is 3.68. The second-order valence-corrected chi connectivity index (χ2v) is 14.5. The number of anilines is 1. The highest BCUT2D eigenvalue weighted by Gasteiger charge is 2.37. The van der Waals surface area contributed by atoms with Crippen LogP contribution in [0.4, 0.5) is 40.9 Å². The van der Waals surface area contributed by atoms with Gasteiger partial charge in [0.2, 0.25) is 5.91 Å². The van der Waals surface area contributed by atoms with Crippen LogP contribution in [0.3, 0.4) is 0 Å². The summed E-state index contributed by atoms with van der Waals surface area (Å²) < 4.78 is 107. The first-order chi connectivity index (χ1) is 30.8. The van der Waals surface area contributed by atoms with Crippen LogP contribution in [0.5, 0.6) is 0 Å². The molecule has 13 nitrogen and oxygen atoms in total. The van der Waals surface area contributed by atoms with Gasteiger partial charge in [-0.1, -0.05) is 67.2 Å². The summed E-state index contributed by atoms with van der Waals surface area (Å²) in [5.74, 6) is -5.11. The monoisotopic (exact) mass is 908 g/mol. The van der Waals surface area contributed by atoms with Crippen LogP contribution in [0.1, 0.15) is 61.9 Å². The third kappa shape index (κ3) is 11.0. The highest BCUT2D eigenvalue weighted by molar-refractivity contribution is 6.58. The average molecular weight is 909 g/mol. The topological polar surface area (TPSA) is 189 Å². The third-order valence-corrected chi connectivity index (χ3v) is 10.3. The van der Waals surface area contributed by atoms with Crippen LogP contribution >= 0.6 is 0 Å². The molecular weight excluding hydrogens is 871 g/mol. The summed E-state index contributed by atoms with van der Waals surface area (Å²) in [6.07, 6.45) is -5.59. The fourth-order valence-electron chi connectivity index (χ4n) is 6.93. The molecule has 1 aliphatic heterocycles. The fourth-order valence-corrected chi connectivity index (χ4v) is 6.93. The Hall–Kier alpha value is -7.20. The number of carbonyl (C=O) groups is 3. The molecule has 65 heavy (non-hydrogen) atoms. The smallest absolute Gasteiger partial charge is 0.423 e. The second-order valence-electron chi connectivity index (χ2n) is 14.5. The number of hydrogen-bond donors (Lipinski definition) is 5. The first kappa shape index (κ1) is 47.3. The van der Waals surface area contributed by atoms with Crippen molar-refractivity contribution >= 4 is 47.2 Å². The second kappa shape index (κ2) is 19.7. The van der Waals surface area contributed by atoms with Crippen molar-refractivity contribution in [2.45, 2.75) is 44.3 Å². The van der Waals surface area contributed by atoms with E-state index in [1.807, 2.05) is 0 Å². The maximum atomic E-state index is 14.3. The van der Waals surface area contributed by atoms with Crippen molar-refractivity contribution in [1.82, 2.24) is 35.3 Å². The molecule has 1 fully saturated rings. The van der Waals surface area contributed by atoms with E-state index in [1.165, 1.54) is 36.7 Å². The number of piperidine rings is 1. The van der Waals surface area contributed by atoms with Gasteiger partial charge in [-0.05, 0) is 59.8 Å². The normalized spacial score (nSPS) is 14.0. The van der Waals surface area contributed by atoms with Crippen molar-refractivity contribution in [3.05, 3.63) is 149 Å². The Morgan fingerprint density at radius 3 is 1.82 bits per heavy atom. The molecule has 7 rings (SSSR count). The van der Waals surface area contributed by atoms with Gasteiger partial charge in [0.05, 0.1) is 33.7 Å². The highest BCUT2D eigenvalue weighted by atomic mass is 19.4. The van der Waals surface area contributed by atoms with Gasteiger partial charge >= 0.3 is 19.5 Å². The molecule has 6 aromatic rings. The van der Waals surface area contributed by atoms with Gasteiger partial charge in [-0.3, -0.25) is 14.4 Å². The number of rotatable bonds is 10. The summed E-state index contributed by atoms with van der Waals surface area (Å²) in [6, 6.07) is 17.6. The molecular formula is C43H37BF8N8O5. The molecule has 0 bridgehead atoms. The summed E-state index contributed by atoms with van der Waals surface area (Å²) >= 11 is 0. The van der Waals surface area contributed by atoms with Gasteiger partial charge in [0.25, 0.3) is 11.8 Å². The number of benzene rings is 4. The Kier molecular flexibility index (Phi) is 14.3. The van der Waals surface area contributed by atoms with Crippen LogP contribution in [-0.4, -0.2) is 72.6 Å². The van der Waals surface area contributed by atoms with Crippen LogP contribution in [-0.2, 0) is 30.2 Å². The molecule has 0 saturated carbocycles. The third-order valence-electron chi connectivity index (χ3n) is 10.3. The summed E-state index contributed by atoms with van der Waals surface area (Å²) in [5, 5.41) is 28.0. The van der Waals surface area contributed by atoms with Crippen LogP contribution in [0.25, 0.3) is 22.3 Å². The molecule has 338 valence electrons. The molecule has 1 saturated heterocycles. The predicted molar refractivity (Wildman–Crippen MR) is 222 cm³/mol. The molecule has 2 aromatic heterocycles. The Balaban J connectivity index is 0.000000248. The summed E-state index contributed by atoms with van der Waals surface area (Å²) in [7, 11) is -1.63. The lowest BCUT2D eigenvalue weighted by molar-refractivity contribution is -0.140. The molecule has 22 heteroatoms. The standard InChI is InChI=1S/C28H25F4N7O2.C15H12BF4NO3/c1-2-21(40)38-12-4-5-18(14-38)39-26-22(25(33)35-15-36-26)24(37-39)17-10-8-16(9-11-17)13-34-27(41)19-6-3-7-20(23(19)29)28(30,31)32;17-13-11(2-1-3-12(13)15(18,19)20)14(22)21-8-9-4-6-10(7-5-9)16(23)24/h2-3,6-11,15,18H,1,4-5,12-14H2,(H,34,41)(H2,33,35,36);1-7,23-24H,8H2,(H,21,22)/t18-;/m1./s1. The van der Waals surface area contributed by atoms with E-state index in [2.05, 4.69) is 27.2 Å². The summed E-state index contributed by atoms with van der Waals surface area (Å²) in [6.45, 7) is 4.53. The summed E-state index contributed by atoms with van der Waals surface area (Å²) in [5.41, 5.74) is 4.99. The van der Waals surface area contributed by atoms with Gasteiger partial charge in [-0.2, -0.15) is 31.4 Å². The number of fused-ring (bicyclic) bond motifs is 1. The van der Waals surface area contributed by atoms with E-state index in [-0.39, 0.29) is 36.3 Å². The van der Waals surface area contributed by atoms with Gasteiger partial charge in [0.1, 0.15) is 29.5 Å². The van der Waals surface area contributed by atoms with Gasteiger partial charge in [0.15, 0.2) is 5.65 Å². The molecule has 0 radical (unpaired) electrons. The Bertz CT molecular complexity index is 2710. The highest BCUT2D eigenvalue weighted by Crippen LogP contribution is 2.35. The number of nitrogens with one attached hydrogen (secondary N) is 2. The van der Waals surface area contributed by atoms with Crippen LogP contribution in [0.2, 0.25) is 0 Å². The van der Waals surface area contributed by atoms with E-state index in [0.29, 0.717) is 58.6 Å². The van der Waals surface area contributed by atoms with Crippen molar-refractivity contribution in [2.75, 3.05) is 18.8 Å². The molecule has 0 aliphatic carbocycles. The number of nitrogens with zero attached hydrogens (tertiary/aromatic N) is 5. The number of halogens is 8. The predicted octanol–water partition coefficient (Wildman–Crippen LogP) is 5.97. The van der Waals surface area contributed by atoms with Gasteiger partial charge in [0, 0.05) is 31.7 Å². The lowest BCUT2D eigenvalue weighted by Crippen LogP contribution is -2.40. The van der Waals surface area contributed by atoms with Crippen molar-refractivity contribution in [1.29, 1.82) is 0 Å². The first-order valence-corrected chi connectivity index (χ1v) is 19.5. The van der Waals surface area contributed by atoms with Gasteiger partial charge < -0.3 is 31.3 Å². The molecule has 3 heterocycles. The Morgan fingerprint density at radius 2 is 1.32 bits per heavy atom. The van der Waals surface area contributed by atoms with E-state index >= 15 is 0 Å². The maximum absolute atomic E-state index is 14.3. The fraction of sp³-hybridized carbons (Fsp3) is 0.209. The van der Waals surface area contributed by atoms with E-state index in [1.54, 1.807) is 33.8 Å². The molecule has 0 spiro atoms. The molecule has 3 amide bonds. The molecule has 4 aromatic carbocycles. The molecule has 1 aliphatic rings. The SMILES string of the molecule is C=CC(=O)N1CCC[C@@H](n2nc(-c3ccc(CNC(=O)c4cccc(C(F)(F)F)c4F)cc3)c3c(N)ncnc32)C1.O=C(NCc1ccc(B(O)O)cc1)c1cccc(C(F)(F)F)c1F. The maximum Gasteiger partial charge on any atom is 0.488 e. The van der Waals surface area contributed by atoms with Crippen LogP contribution in [0.15, 0.2) is 104 Å². The number of nitrogens with two attached hydrogens (primary N) is 1. The van der Waals surface area contributed by atoms with E-state index in [9.17, 15) is 49.5 Å². The van der Waals surface area contributed by atoms with Crippen molar-refractivity contribution in [2.24, 2.45) is 0 Å². The minimum absolute atomic E-state index is 0.0511. The molecule has 6 N–H and O–H groups in total. The minimum Gasteiger partial charge on any atom is -0.423 e. The number of alkyl halides is 6. The zero-order chi connectivity index (χ0) is 47.2. The van der Waals surface area contributed by atoms with Crippen LogP contribution in [0, 0.1) is 11.6 Å². The van der Waals surface area contributed by atoms with E-state index < -0.39 is 65.2 Å². The number of nitrogen functional groups attached to an aromatic ring is 1. The lowest BCUT2D eigenvalue weighted by atomic mass is 9.80. The number of carbonyl (C=O) groups excluding carboxylic acids is 3. The Morgan fingerprint density at radius 1 is 0.800 bits per heavy atom. The van der Waals surface area contributed by atoms with Crippen LogP contribution < -0.4 is 21.8 Å². The summed E-state index contributed by atoms with van der Waals surface area (Å²) in [4.78, 5) is 46.8. The zero-order valence-electron chi connectivity index (χ0n) is 33.8. The van der Waals surface area contributed by atoms with Crippen molar-refractivity contribution in [3.8, 4) is 11.3 Å². The quantitative estimate of drug-likeness (QED) is 0.0628. The van der Waals surface area contributed by atoms with E-state index in [0.717, 1.165) is 37.1 Å².